The van der Waals surface area contributed by atoms with Gasteiger partial charge in [-0.1, -0.05) is 18.2 Å². The highest BCUT2D eigenvalue weighted by atomic mass is 16.6. The van der Waals surface area contributed by atoms with Crippen molar-refractivity contribution >= 4 is 17.6 Å². The molecule has 1 aliphatic rings. The molecule has 0 saturated heterocycles. The fraction of sp³-hybridized carbons (Fsp3) is 0.517. The first-order valence-corrected chi connectivity index (χ1v) is 13.2. The predicted octanol–water partition coefficient (Wildman–Crippen LogP) is 2.85. The number of ether oxygens (including phenoxy) is 3. The number of hydrogen-bond acceptors (Lipinski definition) is 8. The molecule has 0 aromatic heterocycles. The first kappa shape index (κ1) is 29.3. The van der Waals surface area contributed by atoms with E-state index in [0.29, 0.717) is 36.6 Å². The quantitative estimate of drug-likeness (QED) is 0.340. The van der Waals surface area contributed by atoms with Crippen molar-refractivity contribution in [2.45, 2.75) is 65.2 Å². The Labute approximate surface area is 225 Å². The SMILES string of the molecule is CCOc1ccccc1OC(CNC(C)Cc1cc2c(c(C(N)=O)c1)N(CCO)CC2)C(=O)OC(C)(C)C. The van der Waals surface area contributed by atoms with Crippen LogP contribution in [-0.4, -0.2) is 67.6 Å². The monoisotopic (exact) mass is 527 g/mol. The van der Waals surface area contributed by atoms with E-state index in [2.05, 4.69) is 11.4 Å². The highest BCUT2D eigenvalue weighted by Gasteiger charge is 2.29. The molecule has 208 valence electrons. The first-order valence-electron chi connectivity index (χ1n) is 13.2. The lowest BCUT2D eigenvalue weighted by molar-refractivity contribution is -0.163. The van der Waals surface area contributed by atoms with Gasteiger partial charge in [0.05, 0.1) is 24.5 Å². The number of rotatable bonds is 13. The number of aliphatic hydroxyl groups excluding tert-OH is 1. The zero-order valence-corrected chi connectivity index (χ0v) is 23.1. The van der Waals surface area contributed by atoms with Crippen molar-refractivity contribution in [3.05, 3.63) is 53.1 Å². The van der Waals surface area contributed by atoms with Gasteiger partial charge in [-0.25, -0.2) is 4.79 Å². The average Bonchev–Trinajstić information content (AvgIpc) is 3.24. The van der Waals surface area contributed by atoms with E-state index in [0.717, 1.165) is 29.8 Å². The molecule has 1 amide bonds. The number of anilines is 1. The van der Waals surface area contributed by atoms with Gasteiger partial charge in [0.1, 0.15) is 5.60 Å². The van der Waals surface area contributed by atoms with E-state index in [1.807, 2.05) is 57.7 Å². The van der Waals surface area contributed by atoms with Crippen molar-refractivity contribution in [2.75, 3.05) is 37.7 Å². The van der Waals surface area contributed by atoms with E-state index in [4.69, 9.17) is 19.9 Å². The number of aliphatic hydroxyl groups is 1. The van der Waals surface area contributed by atoms with Crippen LogP contribution < -0.4 is 25.4 Å². The van der Waals surface area contributed by atoms with E-state index >= 15 is 0 Å². The number of primary amides is 1. The minimum atomic E-state index is -0.897. The number of esters is 1. The number of nitrogens with two attached hydrogens (primary N) is 1. The Hall–Kier alpha value is -3.30. The van der Waals surface area contributed by atoms with Crippen LogP contribution in [0.25, 0.3) is 0 Å². The summed E-state index contributed by atoms with van der Waals surface area (Å²) in [6, 6.07) is 11.1. The summed E-state index contributed by atoms with van der Waals surface area (Å²) in [6.07, 6.45) is 0.509. The molecule has 0 saturated carbocycles. The maximum absolute atomic E-state index is 13.0. The second-order valence-corrected chi connectivity index (χ2v) is 10.5. The summed E-state index contributed by atoms with van der Waals surface area (Å²) >= 11 is 0. The minimum Gasteiger partial charge on any atom is -0.490 e. The summed E-state index contributed by atoms with van der Waals surface area (Å²) in [5.74, 6) is 0.0710. The summed E-state index contributed by atoms with van der Waals surface area (Å²) < 4.78 is 17.4. The fourth-order valence-corrected chi connectivity index (χ4v) is 4.59. The Morgan fingerprint density at radius 1 is 1.18 bits per heavy atom. The highest BCUT2D eigenvalue weighted by Crippen LogP contribution is 2.33. The van der Waals surface area contributed by atoms with Gasteiger partial charge in [-0.2, -0.15) is 0 Å². The Morgan fingerprint density at radius 3 is 2.53 bits per heavy atom. The van der Waals surface area contributed by atoms with Gasteiger partial charge < -0.3 is 35.3 Å². The number of β-amino-alcohol motifs (C(OH)–C–C–N with tert-alkyl or cyclic N) is 1. The standard InChI is InChI=1S/C29H41N3O6/c1-6-36-23-9-7-8-10-24(23)37-25(28(35)38-29(3,4)5)18-31-19(2)15-20-16-21-11-12-32(13-14-33)26(21)22(17-20)27(30)34/h7-10,16-17,19,25,31,33H,6,11-15,18H2,1-5H3,(H2,30,34). The van der Waals surface area contributed by atoms with Gasteiger partial charge in [-0.05, 0) is 76.8 Å². The Balaban J connectivity index is 1.74. The minimum absolute atomic E-state index is 0.0102. The van der Waals surface area contributed by atoms with Crippen molar-refractivity contribution in [2.24, 2.45) is 5.73 Å². The number of nitrogens with zero attached hydrogens (tertiary/aromatic N) is 1. The number of nitrogens with one attached hydrogen (secondary N) is 1. The summed E-state index contributed by atoms with van der Waals surface area (Å²) in [5, 5.41) is 12.8. The second-order valence-electron chi connectivity index (χ2n) is 10.5. The molecule has 0 radical (unpaired) electrons. The molecule has 0 spiro atoms. The summed E-state index contributed by atoms with van der Waals surface area (Å²) in [4.78, 5) is 27.3. The maximum Gasteiger partial charge on any atom is 0.349 e. The molecule has 0 fully saturated rings. The molecule has 9 heteroatoms. The third-order valence-corrected chi connectivity index (χ3v) is 6.13. The predicted molar refractivity (Wildman–Crippen MR) is 147 cm³/mol. The number of benzene rings is 2. The van der Waals surface area contributed by atoms with E-state index in [1.165, 1.54) is 0 Å². The molecular weight excluding hydrogens is 486 g/mol. The van der Waals surface area contributed by atoms with Gasteiger partial charge in [-0.15, -0.1) is 0 Å². The Bertz CT molecular complexity index is 1110. The lowest BCUT2D eigenvalue weighted by Crippen LogP contribution is -2.44. The van der Waals surface area contributed by atoms with Crippen LogP contribution in [0.1, 0.15) is 56.1 Å². The van der Waals surface area contributed by atoms with Gasteiger partial charge >= 0.3 is 5.97 Å². The first-order chi connectivity index (χ1) is 18.0. The van der Waals surface area contributed by atoms with Crippen LogP contribution in [0.2, 0.25) is 0 Å². The molecule has 0 bridgehead atoms. The smallest absolute Gasteiger partial charge is 0.349 e. The van der Waals surface area contributed by atoms with Crippen molar-refractivity contribution in [1.82, 2.24) is 5.32 Å². The number of amides is 1. The molecule has 3 rings (SSSR count). The van der Waals surface area contributed by atoms with Crippen LogP contribution in [0.4, 0.5) is 5.69 Å². The maximum atomic E-state index is 13.0. The van der Waals surface area contributed by atoms with Gasteiger partial charge in [0.25, 0.3) is 5.91 Å². The van der Waals surface area contributed by atoms with Crippen LogP contribution in [0.15, 0.2) is 36.4 Å². The molecule has 2 aromatic rings. The molecule has 2 atom stereocenters. The van der Waals surface area contributed by atoms with Crippen molar-refractivity contribution in [3.8, 4) is 11.5 Å². The zero-order valence-electron chi connectivity index (χ0n) is 23.1. The third-order valence-electron chi connectivity index (χ3n) is 6.13. The average molecular weight is 528 g/mol. The fourth-order valence-electron chi connectivity index (χ4n) is 4.59. The van der Waals surface area contributed by atoms with Gasteiger partial charge in [0, 0.05) is 25.7 Å². The lowest BCUT2D eigenvalue weighted by atomic mass is 9.98. The molecule has 4 N–H and O–H groups in total. The molecule has 2 unspecified atom stereocenters. The van der Waals surface area contributed by atoms with Crippen LogP contribution in [0.5, 0.6) is 11.5 Å². The normalized spacial score (nSPS) is 14.5. The summed E-state index contributed by atoms with van der Waals surface area (Å²) in [6.45, 7) is 11.2. The lowest BCUT2D eigenvalue weighted by Gasteiger charge is -2.26. The van der Waals surface area contributed by atoms with Crippen LogP contribution >= 0.6 is 0 Å². The van der Waals surface area contributed by atoms with Gasteiger partial charge in [-0.3, -0.25) is 4.79 Å². The number of hydrogen-bond donors (Lipinski definition) is 3. The van der Waals surface area contributed by atoms with E-state index in [9.17, 15) is 14.7 Å². The summed E-state index contributed by atoms with van der Waals surface area (Å²) in [5.41, 5.74) is 8.37. The number of fused-ring (bicyclic) bond motifs is 1. The Kier molecular flexibility index (Phi) is 9.99. The number of para-hydroxylation sites is 2. The van der Waals surface area contributed by atoms with Crippen LogP contribution in [0, 0.1) is 0 Å². The van der Waals surface area contributed by atoms with Crippen molar-refractivity contribution in [3.63, 3.8) is 0 Å². The molecule has 1 heterocycles. The van der Waals surface area contributed by atoms with E-state index in [-0.39, 0.29) is 19.2 Å². The summed E-state index contributed by atoms with van der Waals surface area (Å²) in [7, 11) is 0. The largest absolute Gasteiger partial charge is 0.490 e. The molecule has 0 aliphatic carbocycles. The van der Waals surface area contributed by atoms with Crippen molar-refractivity contribution < 1.29 is 28.9 Å². The molecular formula is C29H41N3O6. The van der Waals surface area contributed by atoms with Crippen LogP contribution in [0.3, 0.4) is 0 Å². The zero-order chi connectivity index (χ0) is 27.9. The number of carbonyl (C=O) groups excluding carboxylic acids is 2. The highest BCUT2D eigenvalue weighted by molar-refractivity contribution is 6.00. The van der Waals surface area contributed by atoms with Gasteiger partial charge in [0.15, 0.2) is 11.5 Å². The van der Waals surface area contributed by atoms with Crippen LogP contribution in [-0.2, 0) is 22.4 Å². The Morgan fingerprint density at radius 2 is 1.89 bits per heavy atom. The van der Waals surface area contributed by atoms with Crippen molar-refractivity contribution in [1.29, 1.82) is 0 Å². The molecule has 1 aliphatic heterocycles. The molecule has 38 heavy (non-hydrogen) atoms. The third kappa shape index (κ3) is 7.85. The van der Waals surface area contributed by atoms with E-state index < -0.39 is 23.6 Å². The molecule has 2 aromatic carbocycles. The van der Waals surface area contributed by atoms with Gasteiger partial charge in [0.2, 0.25) is 6.10 Å². The number of carbonyl (C=O) groups is 2. The molecule has 9 nitrogen and oxygen atoms in total. The van der Waals surface area contributed by atoms with E-state index in [1.54, 1.807) is 12.1 Å². The topological polar surface area (TPSA) is 123 Å². The second kappa shape index (κ2) is 13.0.